The molecule has 0 saturated heterocycles. The number of rotatable bonds is 5. The molecule has 0 saturated carbocycles. The molecule has 6 heteroatoms. The summed E-state index contributed by atoms with van der Waals surface area (Å²) in [4.78, 5) is 1.89. The summed E-state index contributed by atoms with van der Waals surface area (Å²) >= 11 is 0. The van der Waals surface area contributed by atoms with Crippen molar-refractivity contribution in [3.05, 3.63) is 84.3 Å². The minimum absolute atomic E-state index is 0.0813. The lowest BCUT2D eigenvalue weighted by atomic mass is 10.1. The summed E-state index contributed by atoms with van der Waals surface area (Å²) in [6, 6.07) is 11.6. The Bertz CT molecular complexity index is 1130. The Morgan fingerprint density at radius 3 is 2.68 bits per heavy atom. The molecule has 2 aliphatic rings. The van der Waals surface area contributed by atoms with E-state index in [-0.39, 0.29) is 11.9 Å². The molecule has 2 aliphatic heterocycles. The van der Waals surface area contributed by atoms with Gasteiger partial charge in [-0.1, -0.05) is 24.8 Å². The van der Waals surface area contributed by atoms with E-state index in [2.05, 4.69) is 6.58 Å². The van der Waals surface area contributed by atoms with Gasteiger partial charge in [0.2, 0.25) is 0 Å². The van der Waals surface area contributed by atoms with Crippen LogP contribution in [0.3, 0.4) is 0 Å². The summed E-state index contributed by atoms with van der Waals surface area (Å²) in [7, 11) is -3.22. The van der Waals surface area contributed by atoms with E-state index in [4.69, 9.17) is 9.47 Å². The number of allylic oxidation sites excluding steroid dienone is 2. The zero-order valence-corrected chi connectivity index (χ0v) is 16.4. The first kappa shape index (κ1) is 18.4. The van der Waals surface area contributed by atoms with E-state index >= 15 is 0 Å². The average molecular weight is 395 g/mol. The van der Waals surface area contributed by atoms with Gasteiger partial charge in [-0.15, -0.1) is 0 Å². The van der Waals surface area contributed by atoms with Crippen LogP contribution in [0.1, 0.15) is 6.92 Å². The molecule has 0 aliphatic carbocycles. The Kier molecular flexibility index (Phi) is 4.73. The number of hydrogen-bond donors (Lipinski definition) is 0. The second-order valence-corrected chi connectivity index (χ2v) is 8.74. The monoisotopic (exact) mass is 395 g/mol. The summed E-state index contributed by atoms with van der Waals surface area (Å²) in [5.41, 5.74) is 0.561. The number of nitrogens with zero attached hydrogens (tertiary/aromatic N) is 1. The zero-order chi connectivity index (χ0) is 19.7. The smallest absolute Gasteiger partial charge is 0.175 e. The maximum absolute atomic E-state index is 12.0. The molecule has 1 unspecified atom stereocenters. The second-order valence-electron chi connectivity index (χ2n) is 6.77. The molecule has 0 aromatic heterocycles. The van der Waals surface area contributed by atoms with Crippen molar-refractivity contribution < 1.29 is 17.9 Å². The van der Waals surface area contributed by atoms with Gasteiger partial charge in [-0.05, 0) is 54.1 Å². The normalized spacial score (nSPS) is 18.7. The van der Waals surface area contributed by atoms with Crippen LogP contribution in [0.4, 0.5) is 0 Å². The molecule has 144 valence electrons. The summed E-state index contributed by atoms with van der Waals surface area (Å²) < 4.78 is 35.8. The quantitative estimate of drug-likeness (QED) is 0.712. The van der Waals surface area contributed by atoms with Gasteiger partial charge in [-0.25, -0.2) is 8.42 Å². The molecule has 5 nitrogen and oxygen atoms in total. The van der Waals surface area contributed by atoms with Gasteiger partial charge < -0.3 is 14.4 Å². The highest BCUT2D eigenvalue weighted by atomic mass is 32.2. The molecule has 0 bridgehead atoms. The molecule has 0 spiro atoms. The first-order chi connectivity index (χ1) is 13.4. The van der Waals surface area contributed by atoms with E-state index in [9.17, 15) is 8.42 Å². The van der Waals surface area contributed by atoms with Crippen LogP contribution in [0.25, 0.3) is 10.8 Å². The average Bonchev–Trinajstić information content (AvgIpc) is 2.67. The molecule has 2 heterocycles. The summed E-state index contributed by atoms with van der Waals surface area (Å²) in [6.45, 7) is 6.08. The lowest BCUT2D eigenvalue weighted by molar-refractivity contribution is 0.270. The van der Waals surface area contributed by atoms with Gasteiger partial charge in [-0.3, -0.25) is 0 Å². The van der Waals surface area contributed by atoms with Crippen molar-refractivity contribution in [3.63, 3.8) is 0 Å². The third kappa shape index (κ3) is 3.82. The van der Waals surface area contributed by atoms with E-state index in [0.29, 0.717) is 23.8 Å². The fourth-order valence-corrected chi connectivity index (χ4v) is 4.29. The maximum Gasteiger partial charge on any atom is 0.175 e. The lowest BCUT2D eigenvalue weighted by Gasteiger charge is -2.30. The van der Waals surface area contributed by atoms with Crippen LogP contribution in [0, 0.1) is 0 Å². The molecule has 0 N–H and O–H groups in total. The van der Waals surface area contributed by atoms with Crippen molar-refractivity contribution in [2.75, 3.05) is 12.3 Å². The van der Waals surface area contributed by atoms with Crippen molar-refractivity contribution in [1.29, 1.82) is 0 Å². The Morgan fingerprint density at radius 2 is 1.89 bits per heavy atom. The summed E-state index contributed by atoms with van der Waals surface area (Å²) in [5, 5.41) is 3.32. The summed E-state index contributed by atoms with van der Waals surface area (Å²) in [6.07, 6.45) is 7.15. The Hall–Kier alpha value is -2.99. The molecule has 0 amide bonds. The van der Waals surface area contributed by atoms with Crippen LogP contribution in [-0.4, -0.2) is 31.7 Å². The Morgan fingerprint density at radius 1 is 1.14 bits per heavy atom. The van der Waals surface area contributed by atoms with Gasteiger partial charge in [0.25, 0.3) is 0 Å². The van der Waals surface area contributed by atoms with Gasteiger partial charge in [0.05, 0.1) is 16.9 Å². The standard InChI is InChI=1S/C22H21NO4S/c1-3-16(2)26-19-8-6-17-7-9-20(14-18(17)13-19)27-22-5-4-10-23-11-12-28(24,25)15-21(22)23/h3-10,13-16H,1,11-12H2,2H3. The molecule has 4 rings (SSSR count). The third-order valence-electron chi connectivity index (χ3n) is 4.65. The molecule has 2 aromatic carbocycles. The number of hydrogen-bond acceptors (Lipinski definition) is 5. The molecule has 0 radical (unpaired) electrons. The SMILES string of the molecule is C=CC(C)Oc1ccc2ccc(OC3=CC=CN4CCS(=O)(=O)C=C34)cc2c1. The minimum Gasteiger partial charge on any atom is -0.487 e. The molecular formula is C22H21NO4S. The molecule has 2 aromatic rings. The number of sulfone groups is 1. The Balaban J connectivity index is 1.64. The topological polar surface area (TPSA) is 55.8 Å². The Labute approximate surface area is 164 Å². The lowest BCUT2D eigenvalue weighted by Crippen LogP contribution is -2.32. The molecule has 0 fully saturated rings. The number of benzene rings is 2. The van der Waals surface area contributed by atoms with Crippen molar-refractivity contribution in [2.45, 2.75) is 13.0 Å². The highest BCUT2D eigenvalue weighted by molar-refractivity contribution is 7.94. The third-order valence-corrected chi connectivity index (χ3v) is 5.98. The van der Waals surface area contributed by atoms with Crippen LogP contribution in [-0.2, 0) is 9.84 Å². The van der Waals surface area contributed by atoms with E-state index in [1.165, 1.54) is 5.41 Å². The van der Waals surface area contributed by atoms with E-state index in [1.807, 2.05) is 60.5 Å². The van der Waals surface area contributed by atoms with Gasteiger partial charge in [0, 0.05) is 12.7 Å². The minimum atomic E-state index is -3.22. The summed E-state index contributed by atoms with van der Waals surface area (Å²) in [5.74, 6) is 2.00. The van der Waals surface area contributed by atoms with Crippen molar-refractivity contribution >= 4 is 20.6 Å². The maximum atomic E-state index is 12.0. The predicted molar refractivity (Wildman–Crippen MR) is 111 cm³/mol. The van der Waals surface area contributed by atoms with Gasteiger partial charge in [0.15, 0.2) is 15.6 Å². The van der Waals surface area contributed by atoms with Gasteiger partial charge in [0.1, 0.15) is 17.6 Å². The molecule has 28 heavy (non-hydrogen) atoms. The van der Waals surface area contributed by atoms with Crippen LogP contribution in [0.5, 0.6) is 11.5 Å². The first-order valence-corrected chi connectivity index (χ1v) is 10.8. The van der Waals surface area contributed by atoms with E-state index in [0.717, 1.165) is 16.5 Å². The van der Waals surface area contributed by atoms with E-state index in [1.54, 1.807) is 12.2 Å². The highest BCUT2D eigenvalue weighted by Crippen LogP contribution is 2.31. The number of ether oxygens (including phenoxy) is 2. The number of fused-ring (bicyclic) bond motifs is 2. The zero-order valence-electron chi connectivity index (χ0n) is 15.5. The van der Waals surface area contributed by atoms with Crippen LogP contribution < -0.4 is 9.47 Å². The van der Waals surface area contributed by atoms with Crippen LogP contribution >= 0.6 is 0 Å². The fraction of sp³-hybridized carbons (Fsp3) is 0.182. The molecule has 1 atom stereocenters. The van der Waals surface area contributed by atoms with Gasteiger partial charge >= 0.3 is 0 Å². The van der Waals surface area contributed by atoms with Crippen LogP contribution in [0.15, 0.2) is 84.3 Å². The molecular weight excluding hydrogens is 374 g/mol. The fourth-order valence-electron chi connectivity index (χ4n) is 3.13. The predicted octanol–water partition coefficient (Wildman–Crippen LogP) is 4.15. The first-order valence-electron chi connectivity index (χ1n) is 9.04. The van der Waals surface area contributed by atoms with Gasteiger partial charge in [-0.2, -0.15) is 0 Å². The van der Waals surface area contributed by atoms with Crippen LogP contribution in [0.2, 0.25) is 0 Å². The van der Waals surface area contributed by atoms with Crippen molar-refractivity contribution in [1.82, 2.24) is 4.90 Å². The van der Waals surface area contributed by atoms with Crippen molar-refractivity contribution in [3.8, 4) is 11.5 Å². The largest absolute Gasteiger partial charge is 0.487 e. The van der Waals surface area contributed by atoms with Crippen molar-refractivity contribution in [2.24, 2.45) is 0 Å². The second kappa shape index (κ2) is 7.20. The highest BCUT2D eigenvalue weighted by Gasteiger charge is 2.26. The van der Waals surface area contributed by atoms with E-state index < -0.39 is 9.84 Å².